The molecular formula is C24H28N4O3. The third kappa shape index (κ3) is 4.01. The van der Waals surface area contributed by atoms with Gasteiger partial charge in [-0.1, -0.05) is 38.1 Å². The SMILES string of the molecule is COc1ccc(C2C3=C(CC(C)(C)CC3=O)Nc3ccccc3N2CC(=O)NN)cc1. The quantitative estimate of drug-likeness (QED) is 0.399. The lowest BCUT2D eigenvalue weighted by Gasteiger charge is -2.37. The summed E-state index contributed by atoms with van der Waals surface area (Å²) in [6.07, 6.45) is 1.19. The lowest BCUT2D eigenvalue weighted by Crippen LogP contribution is -2.43. The summed E-state index contributed by atoms with van der Waals surface area (Å²) in [5, 5.41) is 3.52. The minimum absolute atomic E-state index is 0.0132. The molecular weight excluding hydrogens is 392 g/mol. The van der Waals surface area contributed by atoms with Crippen molar-refractivity contribution >= 4 is 23.1 Å². The van der Waals surface area contributed by atoms with Crippen LogP contribution in [0.4, 0.5) is 11.4 Å². The minimum atomic E-state index is -0.432. The summed E-state index contributed by atoms with van der Waals surface area (Å²) in [6, 6.07) is 15.0. The Morgan fingerprint density at radius 1 is 1.19 bits per heavy atom. The molecule has 4 rings (SSSR count). The molecule has 0 fully saturated rings. The van der Waals surface area contributed by atoms with Gasteiger partial charge in [0, 0.05) is 17.7 Å². The number of anilines is 2. The van der Waals surface area contributed by atoms with E-state index >= 15 is 0 Å². The van der Waals surface area contributed by atoms with Crippen molar-refractivity contribution < 1.29 is 14.3 Å². The van der Waals surface area contributed by atoms with Crippen LogP contribution in [0.2, 0.25) is 0 Å². The molecule has 1 heterocycles. The van der Waals surface area contributed by atoms with Crippen molar-refractivity contribution in [2.75, 3.05) is 23.9 Å². The van der Waals surface area contributed by atoms with Crippen LogP contribution >= 0.6 is 0 Å². The Morgan fingerprint density at radius 3 is 2.58 bits per heavy atom. The topological polar surface area (TPSA) is 96.7 Å². The predicted molar refractivity (Wildman–Crippen MR) is 121 cm³/mol. The number of ketones is 1. The average molecular weight is 421 g/mol. The number of allylic oxidation sites excluding steroid dienone is 1. The average Bonchev–Trinajstić information content (AvgIpc) is 2.87. The number of amides is 1. The Labute approximate surface area is 182 Å². The summed E-state index contributed by atoms with van der Waals surface area (Å²) in [6.45, 7) is 4.23. The molecule has 1 unspecified atom stereocenters. The fraction of sp³-hybridized carbons (Fsp3) is 0.333. The van der Waals surface area contributed by atoms with Crippen LogP contribution in [0.5, 0.6) is 5.75 Å². The number of nitrogens with one attached hydrogen (secondary N) is 2. The zero-order chi connectivity index (χ0) is 22.2. The van der Waals surface area contributed by atoms with Gasteiger partial charge in [0.1, 0.15) is 5.75 Å². The molecule has 0 radical (unpaired) electrons. The number of carbonyl (C=O) groups is 2. The van der Waals surface area contributed by atoms with Crippen LogP contribution in [0.25, 0.3) is 0 Å². The number of hydrogen-bond acceptors (Lipinski definition) is 6. The number of carbonyl (C=O) groups excluding carboxylic acids is 2. The maximum absolute atomic E-state index is 13.5. The van der Waals surface area contributed by atoms with Gasteiger partial charge in [-0.2, -0.15) is 0 Å². The molecule has 31 heavy (non-hydrogen) atoms. The van der Waals surface area contributed by atoms with Gasteiger partial charge in [-0.3, -0.25) is 15.0 Å². The number of hydrogen-bond donors (Lipinski definition) is 3. The molecule has 0 saturated heterocycles. The molecule has 2 aromatic carbocycles. The second kappa shape index (κ2) is 8.07. The Morgan fingerprint density at radius 2 is 1.90 bits per heavy atom. The lowest BCUT2D eigenvalue weighted by molar-refractivity contribution is -0.120. The highest BCUT2D eigenvalue weighted by Crippen LogP contribution is 2.48. The first kappa shape index (κ1) is 20.9. The van der Waals surface area contributed by atoms with Gasteiger partial charge >= 0.3 is 0 Å². The number of fused-ring (bicyclic) bond motifs is 1. The van der Waals surface area contributed by atoms with Gasteiger partial charge in [-0.05, 0) is 41.7 Å². The molecule has 1 aliphatic carbocycles. The van der Waals surface area contributed by atoms with Crippen LogP contribution in [0.1, 0.15) is 38.3 Å². The first-order valence-corrected chi connectivity index (χ1v) is 10.4. The van der Waals surface area contributed by atoms with E-state index in [1.54, 1.807) is 7.11 Å². The second-order valence-electron chi connectivity index (χ2n) is 8.85. The number of rotatable bonds is 4. The van der Waals surface area contributed by atoms with Gasteiger partial charge in [0.25, 0.3) is 5.91 Å². The van der Waals surface area contributed by atoms with E-state index in [2.05, 4.69) is 24.6 Å². The van der Waals surface area contributed by atoms with Crippen LogP contribution in [-0.2, 0) is 9.59 Å². The fourth-order valence-corrected chi connectivity index (χ4v) is 4.56. The van der Waals surface area contributed by atoms with E-state index in [0.29, 0.717) is 12.0 Å². The lowest BCUT2D eigenvalue weighted by atomic mass is 9.73. The van der Waals surface area contributed by atoms with E-state index < -0.39 is 6.04 Å². The Kier molecular flexibility index (Phi) is 5.45. The van der Waals surface area contributed by atoms with Gasteiger partial charge in [0.2, 0.25) is 0 Å². The van der Waals surface area contributed by atoms with Crippen LogP contribution in [-0.4, -0.2) is 25.3 Å². The van der Waals surface area contributed by atoms with Crippen LogP contribution in [0.15, 0.2) is 59.8 Å². The van der Waals surface area contributed by atoms with Crippen LogP contribution in [0.3, 0.4) is 0 Å². The maximum atomic E-state index is 13.5. The summed E-state index contributed by atoms with van der Waals surface area (Å²) >= 11 is 0. The van der Waals surface area contributed by atoms with E-state index in [4.69, 9.17) is 10.6 Å². The third-order valence-corrected chi connectivity index (χ3v) is 5.91. The van der Waals surface area contributed by atoms with Crippen LogP contribution in [0, 0.1) is 5.41 Å². The molecule has 7 heteroatoms. The number of ether oxygens (including phenoxy) is 1. The zero-order valence-corrected chi connectivity index (χ0v) is 18.1. The first-order chi connectivity index (χ1) is 14.8. The van der Waals surface area contributed by atoms with Crippen molar-refractivity contribution in [3.8, 4) is 5.75 Å². The third-order valence-electron chi connectivity index (χ3n) is 5.91. The largest absolute Gasteiger partial charge is 0.497 e. The highest BCUT2D eigenvalue weighted by Gasteiger charge is 2.41. The summed E-state index contributed by atoms with van der Waals surface area (Å²) in [7, 11) is 1.62. The Balaban J connectivity index is 1.95. The molecule has 1 amide bonds. The molecule has 4 N–H and O–H groups in total. The summed E-state index contributed by atoms with van der Waals surface area (Å²) < 4.78 is 5.32. The van der Waals surface area contributed by atoms with Crippen molar-refractivity contribution in [2.24, 2.45) is 11.3 Å². The number of para-hydroxylation sites is 2. The van der Waals surface area contributed by atoms with Gasteiger partial charge in [-0.15, -0.1) is 0 Å². The molecule has 0 aromatic heterocycles. The van der Waals surface area contributed by atoms with E-state index in [1.807, 2.05) is 53.4 Å². The molecule has 0 bridgehead atoms. The highest BCUT2D eigenvalue weighted by atomic mass is 16.5. The molecule has 2 aliphatic rings. The minimum Gasteiger partial charge on any atom is -0.497 e. The summed E-state index contributed by atoms with van der Waals surface area (Å²) in [5.41, 5.74) is 6.30. The number of Topliss-reactive ketones (excluding diaryl/α,β-unsaturated/α-hetero) is 1. The number of nitrogens with zero attached hydrogens (tertiary/aromatic N) is 1. The zero-order valence-electron chi connectivity index (χ0n) is 18.1. The predicted octanol–water partition coefficient (Wildman–Crippen LogP) is 3.30. The normalized spacial score (nSPS) is 19.7. The number of methoxy groups -OCH3 is 1. The van der Waals surface area contributed by atoms with Crippen molar-refractivity contribution in [1.82, 2.24) is 5.43 Å². The van der Waals surface area contributed by atoms with E-state index in [0.717, 1.165) is 34.8 Å². The van der Waals surface area contributed by atoms with E-state index in [-0.39, 0.29) is 23.7 Å². The van der Waals surface area contributed by atoms with Gasteiger partial charge in [0.15, 0.2) is 5.78 Å². The van der Waals surface area contributed by atoms with Crippen molar-refractivity contribution in [3.05, 3.63) is 65.4 Å². The molecule has 1 atom stereocenters. The van der Waals surface area contributed by atoms with Crippen molar-refractivity contribution in [1.29, 1.82) is 0 Å². The maximum Gasteiger partial charge on any atom is 0.253 e. The van der Waals surface area contributed by atoms with Crippen molar-refractivity contribution in [3.63, 3.8) is 0 Å². The fourth-order valence-electron chi connectivity index (χ4n) is 4.56. The number of hydrazine groups is 1. The van der Waals surface area contributed by atoms with Crippen LogP contribution < -0.4 is 26.2 Å². The van der Waals surface area contributed by atoms with Gasteiger partial charge in [-0.25, -0.2) is 5.84 Å². The summed E-state index contributed by atoms with van der Waals surface area (Å²) in [5.74, 6) is 5.91. The smallest absolute Gasteiger partial charge is 0.253 e. The molecule has 2 aromatic rings. The number of benzene rings is 2. The monoisotopic (exact) mass is 420 g/mol. The molecule has 0 spiro atoms. The van der Waals surface area contributed by atoms with Gasteiger partial charge < -0.3 is 15.0 Å². The number of nitrogens with two attached hydrogens (primary N) is 1. The van der Waals surface area contributed by atoms with E-state index in [1.165, 1.54) is 0 Å². The molecule has 1 aliphatic heterocycles. The summed E-state index contributed by atoms with van der Waals surface area (Å²) in [4.78, 5) is 27.8. The second-order valence-corrected chi connectivity index (χ2v) is 8.85. The van der Waals surface area contributed by atoms with E-state index in [9.17, 15) is 9.59 Å². The molecule has 0 saturated carbocycles. The first-order valence-electron chi connectivity index (χ1n) is 10.4. The molecule has 162 valence electrons. The highest BCUT2D eigenvalue weighted by molar-refractivity contribution is 6.01. The Bertz CT molecular complexity index is 1040. The van der Waals surface area contributed by atoms with Crippen molar-refractivity contribution in [2.45, 2.75) is 32.7 Å². The molecule has 7 nitrogen and oxygen atoms in total. The Hall–Kier alpha value is -3.32. The standard InChI is InChI=1S/C24H28N4O3/c1-24(2)12-18-22(20(29)13-24)23(15-8-10-16(31-3)11-9-15)28(14-21(30)27-25)19-7-5-4-6-17(19)26-18/h4-11,23,26H,12-14,25H2,1-3H3,(H,27,30). The van der Waals surface area contributed by atoms with Gasteiger partial charge in [0.05, 0.1) is 31.1 Å².